The molecule has 2 fully saturated rings. The Labute approximate surface area is 230 Å². The molecule has 1 saturated carbocycles. The molecule has 1 aliphatic carbocycles. The van der Waals surface area contributed by atoms with Crippen LogP contribution in [0, 0.1) is 5.92 Å². The monoisotopic (exact) mass is 548 g/mol. The number of hydrogen-bond donors (Lipinski definition) is 2. The molecular formula is C29H36N6O3S. The summed E-state index contributed by atoms with van der Waals surface area (Å²) in [7, 11) is -3.13. The standard InChI is InChI=1S/C29H36N6O3S/c1-2-19-39(37,38)35-17-15-34(16-18-35)21-23-5-11-26(12-6-23)32-28(36)25-9-7-24(8-10-25)27-13-14-30-29(33-27)31-20-22-3-4-22/h5-14,22H,2-4,15-21H2,1H3,(H,32,36)(H,30,31,33). The number of carbonyl (C=O) groups is 1. The summed E-state index contributed by atoms with van der Waals surface area (Å²) in [5.74, 6) is 1.41. The van der Waals surface area contributed by atoms with Crippen LogP contribution in [0.3, 0.4) is 0 Å². The van der Waals surface area contributed by atoms with Crippen LogP contribution in [0.4, 0.5) is 11.6 Å². The quantitative estimate of drug-likeness (QED) is 0.372. The predicted octanol–water partition coefficient (Wildman–Crippen LogP) is 4.08. The van der Waals surface area contributed by atoms with E-state index in [9.17, 15) is 13.2 Å². The lowest BCUT2D eigenvalue weighted by Gasteiger charge is -2.34. The van der Waals surface area contributed by atoms with E-state index in [0.717, 1.165) is 41.5 Å². The fraction of sp³-hybridized carbons (Fsp3) is 0.414. The number of benzene rings is 2. The molecule has 2 N–H and O–H groups in total. The van der Waals surface area contributed by atoms with Gasteiger partial charge in [-0.05, 0) is 61.1 Å². The number of sulfonamides is 1. The fourth-order valence-electron chi connectivity index (χ4n) is 4.66. The molecular weight excluding hydrogens is 512 g/mol. The van der Waals surface area contributed by atoms with Crippen molar-refractivity contribution in [3.05, 3.63) is 71.9 Å². The number of piperazine rings is 1. The molecule has 2 aromatic carbocycles. The van der Waals surface area contributed by atoms with Crippen molar-refractivity contribution >= 4 is 27.6 Å². The van der Waals surface area contributed by atoms with Crippen LogP contribution in [0.5, 0.6) is 0 Å². The summed E-state index contributed by atoms with van der Waals surface area (Å²) in [6, 6.07) is 17.1. The second-order valence-electron chi connectivity index (χ2n) is 10.3. The number of nitrogens with one attached hydrogen (secondary N) is 2. The van der Waals surface area contributed by atoms with Gasteiger partial charge in [0, 0.05) is 62.3 Å². The van der Waals surface area contributed by atoms with Crippen LogP contribution in [0.2, 0.25) is 0 Å². The van der Waals surface area contributed by atoms with Gasteiger partial charge in [-0.2, -0.15) is 4.31 Å². The lowest BCUT2D eigenvalue weighted by atomic mass is 10.1. The van der Waals surface area contributed by atoms with Crippen molar-refractivity contribution in [2.24, 2.45) is 5.92 Å². The first-order chi connectivity index (χ1) is 18.9. The minimum Gasteiger partial charge on any atom is -0.354 e. The van der Waals surface area contributed by atoms with Gasteiger partial charge in [0.25, 0.3) is 5.91 Å². The van der Waals surface area contributed by atoms with E-state index >= 15 is 0 Å². The van der Waals surface area contributed by atoms with Gasteiger partial charge in [-0.25, -0.2) is 18.4 Å². The van der Waals surface area contributed by atoms with Crippen molar-refractivity contribution in [3.8, 4) is 11.3 Å². The topological polar surface area (TPSA) is 108 Å². The zero-order valence-electron chi connectivity index (χ0n) is 22.3. The molecule has 5 rings (SSSR count). The summed E-state index contributed by atoms with van der Waals surface area (Å²) in [5.41, 5.74) is 4.16. The number of carbonyl (C=O) groups excluding carboxylic acids is 1. The average Bonchev–Trinajstić information content (AvgIpc) is 3.78. The van der Waals surface area contributed by atoms with Crippen LogP contribution in [-0.2, 0) is 16.6 Å². The van der Waals surface area contributed by atoms with Crippen LogP contribution in [-0.4, -0.2) is 72.0 Å². The highest BCUT2D eigenvalue weighted by Crippen LogP contribution is 2.28. The number of aromatic nitrogens is 2. The molecule has 0 unspecified atom stereocenters. The van der Waals surface area contributed by atoms with Gasteiger partial charge in [0.05, 0.1) is 11.4 Å². The maximum Gasteiger partial charge on any atom is 0.255 e. The van der Waals surface area contributed by atoms with Crippen molar-refractivity contribution in [1.82, 2.24) is 19.2 Å². The average molecular weight is 549 g/mol. The van der Waals surface area contributed by atoms with Gasteiger partial charge in [0.15, 0.2) is 0 Å². The van der Waals surface area contributed by atoms with Crippen molar-refractivity contribution in [1.29, 1.82) is 0 Å². The molecule has 39 heavy (non-hydrogen) atoms. The Morgan fingerprint density at radius 1 is 0.974 bits per heavy atom. The number of hydrogen-bond acceptors (Lipinski definition) is 7. The first-order valence-electron chi connectivity index (χ1n) is 13.7. The highest BCUT2D eigenvalue weighted by atomic mass is 32.2. The van der Waals surface area contributed by atoms with Crippen LogP contribution in [0.25, 0.3) is 11.3 Å². The predicted molar refractivity (Wildman–Crippen MR) is 154 cm³/mol. The second-order valence-corrected chi connectivity index (χ2v) is 12.4. The molecule has 1 aliphatic heterocycles. The molecule has 206 valence electrons. The summed E-state index contributed by atoms with van der Waals surface area (Å²) >= 11 is 0. The van der Waals surface area contributed by atoms with E-state index in [-0.39, 0.29) is 11.7 Å². The third-order valence-corrected chi connectivity index (χ3v) is 9.23. The summed E-state index contributed by atoms with van der Waals surface area (Å²) in [6.45, 7) is 6.04. The van der Waals surface area contributed by atoms with Crippen molar-refractivity contribution in [2.45, 2.75) is 32.7 Å². The Morgan fingerprint density at radius 3 is 2.36 bits per heavy atom. The minimum absolute atomic E-state index is 0.173. The van der Waals surface area contributed by atoms with E-state index in [4.69, 9.17) is 0 Å². The Balaban J connectivity index is 1.12. The SMILES string of the molecule is CCCS(=O)(=O)N1CCN(Cc2ccc(NC(=O)c3ccc(-c4ccnc(NCC5CC5)n4)cc3)cc2)CC1. The van der Waals surface area contributed by atoms with Crippen molar-refractivity contribution in [3.63, 3.8) is 0 Å². The fourth-order valence-corrected chi connectivity index (χ4v) is 6.16. The molecule has 9 nitrogen and oxygen atoms in total. The Kier molecular flexibility index (Phi) is 8.54. The maximum absolute atomic E-state index is 12.8. The number of amides is 1. The van der Waals surface area contributed by atoms with Gasteiger partial charge in [-0.1, -0.05) is 31.2 Å². The van der Waals surface area contributed by atoms with Gasteiger partial charge >= 0.3 is 0 Å². The summed E-state index contributed by atoms with van der Waals surface area (Å²) in [6.07, 6.45) is 4.93. The zero-order chi connectivity index (χ0) is 27.2. The van der Waals surface area contributed by atoms with Gasteiger partial charge in [-0.3, -0.25) is 9.69 Å². The molecule has 2 aliphatic rings. The van der Waals surface area contributed by atoms with E-state index < -0.39 is 10.0 Å². The van der Waals surface area contributed by atoms with Gasteiger partial charge in [-0.15, -0.1) is 0 Å². The van der Waals surface area contributed by atoms with Gasteiger partial charge < -0.3 is 10.6 Å². The molecule has 0 radical (unpaired) electrons. The zero-order valence-corrected chi connectivity index (χ0v) is 23.2. The molecule has 1 saturated heterocycles. The first-order valence-corrected chi connectivity index (χ1v) is 15.3. The third-order valence-electron chi connectivity index (χ3n) is 7.15. The number of nitrogens with zero attached hydrogens (tertiary/aromatic N) is 4. The van der Waals surface area contributed by atoms with E-state index in [1.165, 1.54) is 12.8 Å². The van der Waals surface area contributed by atoms with Crippen LogP contribution < -0.4 is 10.6 Å². The molecule has 10 heteroatoms. The summed E-state index contributed by atoms with van der Waals surface area (Å²) in [4.78, 5) is 24.0. The smallest absolute Gasteiger partial charge is 0.255 e. The van der Waals surface area contributed by atoms with Crippen LogP contribution in [0.15, 0.2) is 60.8 Å². The molecule has 2 heterocycles. The van der Waals surface area contributed by atoms with Crippen molar-refractivity contribution in [2.75, 3.05) is 49.1 Å². The summed E-state index contributed by atoms with van der Waals surface area (Å²) in [5, 5.41) is 6.26. The lowest BCUT2D eigenvalue weighted by molar-refractivity contribution is 0.102. The maximum atomic E-state index is 12.8. The Morgan fingerprint density at radius 2 is 1.69 bits per heavy atom. The minimum atomic E-state index is -3.13. The summed E-state index contributed by atoms with van der Waals surface area (Å²) < 4.78 is 26.2. The number of rotatable bonds is 11. The van der Waals surface area contributed by atoms with E-state index in [0.29, 0.717) is 44.1 Å². The van der Waals surface area contributed by atoms with E-state index in [2.05, 4.69) is 25.5 Å². The second kappa shape index (κ2) is 12.2. The Bertz CT molecular complexity index is 1370. The van der Waals surface area contributed by atoms with Crippen LogP contribution in [0.1, 0.15) is 42.1 Å². The van der Waals surface area contributed by atoms with E-state index in [1.807, 2.05) is 49.4 Å². The highest BCUT2D eigenvalue weighted by molar-refractivity contribution is 7.89. The molecule has 0 spiro atoms. The van der Waals surface area contributed by atoms with E-state index in [1.54, 1.807) is 22.6 Å². The van der Waals surface area contributed by atoms with Crippen molar-refractivity contribution < 1.29 is 13.2 Å². The van der Waals surface area contributed by atoms with Gasteiger partial charge in [0.1, 0.15) is 0 Å². The molecule has 0 atom stereocenters. The van der Waals surface area contributed by atoms with Gasteiger partial charge in [0.2, 0.25) is 16.0 Å². The molecule has 3 aromatic rings. The first kappa shape index (κ1) is 27.2. The molecule has 1 amide bonds. The highest BCUT2D eigenvalue weighted by Gasteiger charge is 2.26. The van der Waals surface area contributed by atoms with Crippen LogP contribution >= 0.6 is 0 Å². The lowest BCUT2D eigenvalue weighted by Crippen LogP contribution is -2.48. The normalized spacial score (nSPS) is 16.6. The third kappa shape index (κ3) is 7.40. The number of anilines is 2. The molecule has 1 aromatic heterocycles. The molecule has 0 bridgehead atoms. The largest absolute Gasteiger partial charge is 0.354 e. The Hall–Kier alpha value is -3.34.